The van der Waals surface area contributed by atoms with Crippen LogP contribution in [0.25, 0.3) is 0 Å². The van der Waals surface area contributed by atoms with Crippen LogP contribution in [0.1, 0.15) is 5.56 Å². The van der Waals surface area contributed by atoms with Gasteiger partial charge in [0.15, 0.2) is 6.29 Å². The van der Waals surface area contributed by atoms with Crippen molar-refractivity contribution in [1.82, 2.24) is 0 Å². The molecule has 0 heterocycles. The predicted octanol–water partition coefficient (Wildman–Crippen LogP) is 1.67. The summed E-state index contributed by atoms with van der Waals surface area (Å²) < 4.78 is 14.7. The summed E-state index contributed by atoms with van der Waals surface area (Å²) in [5.41, 5.74) is -0.889. The quantitative estimate of drug-likeness (QED) is 0.425. The lowest BCUT2D eigenvalue weighted by Gasteiger charge is -2.14. The molecule has 9 nitrogen and oxygen atoms in total. The molecule has 0 aliphatic rings. The zero-order valence-electron chi connectivity index (χ0n) is 11.2. The predicted molar refractivity (Wildman–Crippen MR) is 67.8 cm³/mol. The normalized spacial score (nSPS) is 10.6. The van der Waals surface area contributed by atoms with Crippen LogP contribution in [0, 0.1) is 20.2 Å². The van der Waals surface area contributed by atoms with Crippen LogP contribution >= 0.6 is 0 Å². The Labute approximate surface area is 114 Å². The van der Waals surface area contributed by atoms with Crippen molar-refractivity contribution in [2.45, 2.75) is 12.7 Å². The highest BCUT2D eigenvalue weighted by Crippen LogP contribution is 2.34. The van der Waals surface area contributed by atoms with Crippen molar-refractivity contribution >= 4 is 11.4 Å². The molecule has 1 aromatic rings. The minimum Gasteiger partial charge on any atom is -0.496 e. The number of nitrogens with zero attached hydrogens (tertiary/aromatic N) is 2. The Morgan fingerprint density at radius 2 is 1.50 bits per heavy atom. The maximum absolute atomic E-state index is 11.1. The molecule has 0 bridgehead atoms. The first-order valence-corrected chi connectivity index (χ1v) is 5.49. The van der Waals surface area contributed by atoms with Crippen LogP contribution < -0.4 is 4.74 Å². The van der Waals surface area contributed by atoms with E-state index in [0.29, 0.717) is 0 Å². The second-order valence-corrected chi connectivity index (χ2v) is 3.76. The molecule has 1 rings (SSSR count). The molecule has 0 aliphatic heterocycles. The average molecular weight is 286 g/mol. The Morgan fingerprint density at radius 1 is 1.05 bits per heavy atom. The standard InChI is InChI=1S/C11H14N2O7/c1-18-7-4-9(12(14)15)8(6-11(19-2)20-3)10(5-7)13(16)17/h4-5,11H,6H2,1-3H3. The molecule has 0 aliphatic carbocycles. The number of methoxy groups -OCH3 is 3. The summed E-state index contributed by atoms with van der Waals surface area (Å²) in [5, 5.41) is 22.1. The molecule has 0 aromatic heterocycles. The van der Waals surface area contributed by atoms with Crippen LogP contribution in [0.15, 0.2) is 12.1 Å². The first-order valence-electron chi connectivity index (χ1n) is 5.49. The monoisotopic (exact) mass is 286 g/mol. The van der Waals surface area contributed by atoms with Crippen LogP contribution in [0.4, 0.5) is 11.4 Å². The Kier molecular flexibility index (Phi) is 5.35. The fourth-order valence-electron chi connectivity index (χ4n) is 1.70. The number of hydrogen-bond acceptors (Lipinski definition) is 7. The summed E-state index contributed by atoms with van der Waals surface area (Å²) in [6, 6.07) is 2.26. The van der Waals surface area contributed by atoms with Gasteiger partial charge in [-0.05, 0) is 0 Å². The molecule has 0 fully saturated rings. The van der Waals surface area contributed by atoms with Gasteiger partial charge in [-0.3, -0.25) is 20.2 Å². The maximum atomic E-state index is 11.1. The maximum Gasteiger partial charge on any atom is 0.283 e. The summed E-state index contributed by atoms with van der Waals surface area (Å²) in [7, 11) is 3.96. The van der Waals surface area contributed by atoms with E-state index >= 15 is 0 Å². The Bertz CT molecular complexity index is 478. The van der Waals surface area contributed by atoms with E-state index < -0.39 is 27.5 Å². The van der Waals surface area contributed by atoms with E-state index in [1.807, 2.05) is 0 Å². The van der Waals surface area contributed by atoms with Crippen LogP contribution in [0.2, 0.25) is 0 Å². The molecule has 0 radical (unpaired) electrons. The lowest BCUT2D eigenvalue weighted by molar-refractivity contribution is -0.396. The average Bonchev–Trinajstić information content (AvgIpc) is 2.43. The van der Waals surface area contributed by atoms with Gasteiger partial charge < -0.3 is 14.2 Å². The smallest absolute Gasteiger partial charge is 0.283 e. The van der Waals surface area contributed by atoms with Crippen molar-refractivity contribution in [3.05, 3.63) is 37.9 Å². The van der Waals surface area contributed by atoms with E-state index in [9.17, 15) is 20.2 Å². The SMILES string of the molecule is COc1cc([N+](=O)[O-])c(CC(OC)OC)c([N+](=O)[O-])c1. The highest BCUT2D eigenvalue weighted by Gasteiger charge is 2.29. The second-order valence-electron chi connectivity index (χ2n) is 3.76. The van der Waals surface area contributed by atoms with Crippen molar-refractivity contribution in [2.24, 2.45) is 0 Å². The highest BCUT2D eigenvalue weighted by molar-refractivity contribution is 5.58. The van der Waals surface area contributed by atoms with E-state index in [1.54, 1.807) is 0 Å². The minimum absolute atomic E-state index is 0.0403. The lowest BCUT2D eigenvalue weighted by Crippen LogP contribution is -2.18. The summed E-state index contributed by atoms with van der Waals surface area (Å²) in [4.78, 5) is 20.7. The zero-order chi connectivity index (χ0) is 15.3. The number of rotatable bonds is 7. The van der Waals surface area contributed by atoms with Gasteiger partial charge in [0.25, 0.3) is 11.4 Å². The molecule has 0 unspecified atom stereocenters. The number of hydrogen-bond donors (Lipinski definition) is 0. The van der Waals surface area contributed by atoms with Crippen molar-refractivity contribution in [2.75, 3.05) is 21.3 Å². The number of nitro benzene ring substituents is 2. The number of benzene rings is 1. The van der Waals surface area contributed by atoms with Gasteiger partial charge in [-0.15, -0.1) is 0 Å². The second kappa shape index (κ2) is 6.78. The van der Waals surface area contributed by atoms with Gasteiger partial charge in [-0.2, -0.15) is 0 Å². The first-order chi connectivity index (χ1) is 9.44. The molecule has 20 heavy (non-hydrogen) atoms. The highest BCUT2D eigenvalue weighted by atomic mass is 16.7. The third-order valence-corrected chi connectivity index (χ3v) is 2.70. The van der Waals surface area contributed by atoms with Crippen LogP contribution in [0.5, 0.6) is 5.75 Å². The van der Waals surface area contributed by atoms with Crippen molar-refractivity contribution in [1.29, 1.82) is 0 Å². The van der Waals surface area contributed by atoms with Crippen LogP contribution in [0.3, 0.4) is 0 Å². The van der Waals surface area contributed by atoms with E-state index in [0.717, 1.165) is 12.1 Å². The van der Waals surface area contributed by atoms with Crippen LogP contribution in [-0.4, -0.2) is 37.5 Å². The number of ether oxygens (including phenoxy) is 3. The summed E-state index contributed by atoms with van der Waals surface area (Å²) >= 11 is 0. The fraction of sp³-hybridized carbons (Fsp3) is 0.455. The van der Waals surface area contributed by atoms with E-state index in [4.69, 9.17) is 14.2 Å². The molecule has 0 atom stereocenters. The topological polar surface area (TPSA) is 114 Å². The zero-order valence-corrected chi connectivity index (χ0v) is 11.2. The first kappa shape index (κ1) is 15.8. The Balaban J connectivity index is 3.43. The molecular weight excluding hydrogens is 272 g/mol. The third kappa shape index (κ3) is 3.39. The van der Waals surface area contributed by atoms with Gasteiger partial charge in [0.1, 0.15) is 11.3 Å². The van der Waals surface area contributed by atoms with Gasteiger partial charge in [0.05, 0.1) is 29.1 Å². The van der Waals surface area contributed by atoms with Crippen LogP contribution in [-0.2, 0) is 15.9 Å². The van der Waals surface area contributed by atoms with Gasteiger partial charge in [0, 0.05) is 20.6 Å². The van der Waals surface area contributed by atoms with E-state index in [1.165, 1.54) is 21.3 Å². The molecular formula is C11H14N2O7. The fourth-order valence-corrected chi connectivity index (χ4v) is 1.70. The van der Waals surface area contributed by atoms with E-state index in [2.05, 4.69) is 0 Å². The van der Waals surface area contributed by atoms with Gasteiger partial charge in [-0.1, -0.05) is 0 Å². The van der Waals surface area contributed by atoms with Crippen molar-refractivity contribution in [3.8, 4) is 5.75 Å². The molecule has 0 saturated heterocycles. The molecule has 110 valence electrons. The molecule has 0 spiro atoms. The van der Waals surface area contributed by atoms with E-state index in [-0.39, 0.29) is 17.7 Å². The van der Waals surface area contributed by atoms with Gasteiger partial charge in [-0.25, -0.2) is 0 Å². The summed E-state index contributed by atoms with van der Waals surface area (Å²) in [6.07, 6.45) is -0.940. The summed E-state index contributed by atoms with van der Waals surface area (Å²) in [5.74, 6) is 0.0403. The van der Waals surface area contributed by atoms with Crippen molar-refractivity contribution in [3.63, 3.8) is 0 Å². The molecule has 9 heteroatoms. The van der Waals surface area contributed by atoms with Gasteiger partial charge in [0.2, 0.25) is 0 Å². The van der Waals surface area contributed by atoms with Gasteiger partial charge >= 0.3 is 0 Å². The molecule has 0 N–H and O–H groups in total. The third-order valence-electron chi connectivity index (χ3n) is 2.70. The number of nitro groups is 2. The molecule has 0 amide bonds. The summed E-state index contributed by atoms with van der Waals surface area (Å²) in [6.45, 7) is 0. The Hall–Kier alpha value is -2.26. The molecule has 1 aromatic carbocycles. The lowest BCUT2D eigenvalue weighted by atomic mass is 10.1. The largest absolute Gasteiger partial charge is 0.496 e. The molecule has 0 saturated carbocycles. The minimum atomic E-state index is -0.819. The van der Waals surface area contributed by atoms with Crippen molar-refractivity contribution < 1.29 is 24.1 Å². The Morgan fingerprint density at radius 3 is 1.80 bits per heavy atom.